The number of ether oxygens (including phenoxy) is 1. The maximum absolute atomic E-state index is 5.79. The number of rotatable bonds is 7. The van der Waals surface area contributed by atoms with Gasteiger partial charge >= 0.3 is 0 Å². The van der Waals surface area contributed by atoms with Gasteiger partial charge in [0.05, 0.1) is 6.61 Å². The van der Waals surface area contributed by atoms with Crippen molar-refractivity contribution in [2.24, 2.45) is 0 Å². The van der Waals surface area contributed by atoms with Crippen LogP contribution in [0.1, 0.15) is 19.8 Å². The van der Waals surface area contributed by atoms with Gasteiger partial charge in [0.1, 0.15) is 0 Å². The van der Waals surface area contributed by atoms with E-state index < -0.39 is 0 Å². The highest BCUT2D eigenvalue weighted by Crippen LogP contribution is 2.20. The van der Waals surface area contributed by atoms with Crippen molar-refractivity contribution in [1.29, 1.82) is 0 Å². The molecule has 0 unspecified atom stereocenters. The normalized spacial score (nSPS) is 10.5. The van der Waals surface area contributed by atoms with E-state index in [2.05, 4.69) is 6.92 Å². The third-order valence-corrected chi connectivity index (χ3v) is 3.03. The van der Waals surface area contributed by atoms with Crippen molar-refractivity contribution in [3.63, 3.8) is 0 Å². The summed E-state index contributed by atoms with van der Waals surface area (Å²) in [5, 5.41) is 0.780. The number of thioether (sulfide) groups is 1. The van der Waals surface area contributed by atoms with E-state index in [4.69, 9.17) is 16.3 Å². The Balaban J connectivity index is 2.07. The van der Waals surface area contributed by atoms with Crippen molar-refractivity contribution >= 4 is 23.4 Å². The molecule has 0 aliphatic rings. The molecular formula is C12H16ClOS. The van der Waals surface area contributed by atoms with Gasteiger partial charge in [-0.3, -0.25) is 0 Å². The molecule has 0 saturated carbocycles. The summed E-state index contributed by atoms with van der Waals surface area (Å²) in [4.78, 5) is 1.22. The second kappa shape index (κ2) is 8.03. The van der Waals surface area contributed by atoms with Crippen molar-refractivity contribution in [2.45, 2.75) is 24.7 Å². The fraction of sp³-hybridized carbons (Fsp3) is 0.417. The minimum atomic E-state index is 0.780. The zero-order valence-electron chi connectivity index (χ0n) is 8.91. The van der Waals surface area contributed by atoms with Gasteiger partial charge in [-0.05, 0) is 30.7 Å². The standard InChI is InChI=1S/C12H16ClOS/c1-2-3-8-14-9-10-15-12-6-4-11(13)5-7-12/h4-7,9H,2-3,8,10H2,1H3. The lowest BCUT2D eigenvalue weighted by molar-refractivity contribution is 0.201. The number of hydrogen-bond donors (Lipinski definition) is 0. The highest BCUT2D eigenvalue weighted by Gasteiger charge is 1.94. The molecular weight excluding hydrogens is 228 g/mol. The van der Waals surface area contributed by atoms with Gasteiger partial charge in [-0.2, -0.15) is 0 Å². The minimum absolute atomic E-state index is 0.780. The van der Waals surface area contributed by atoms with Gasteiger partial charge in [0.25, 0.3) is 0 Å². The zero-order valence-corrected chi connectivity index (χ0v) is 10.5. The predicted octanol–water partition coefficient (Wildman–Crippen LogP) is 4.41. The molecule has 0 fully saturated rings. The van der Waals surface area contributed by atoms with Crippen LogP contribution in [-0.4, -0.2) is 12.4 Å². The van der Waals surface area contributed by atoms with Gasteiger partial charge in [0, 0.05) is 22.3 Å². The van der Waals surface area contributed by atoms with Gasteiger partial charge in [-0.25, -0.2) is 0 Å². The average molecular weight is 244 g/mol. The number of benzene rings is 1. The molecule has 0 atom stereocenters. The third-order valence-electron chi connectivity index (χ3n) is 1.87. The summed E-state index contributed by atoms with van der Waals surface area (Å²) in [7, 11) is 0. The average Bonchev–Trinajstić information content (AvgIpc) is 2.26. The van der Waals surface area contributed by atoms with Gasteiger partial charge in [0.2, 0.25) is 0 Å². The number of hydrogen-bond acceptors (Lipinski definition) is 2. The molecule has 1 nitrogen and oxygen atoms in total. The summed E-state index contributed by atoms with van der Waals surface area (Å²) >= 11 is 7.54. The molecule has 0 aliphatic heterocycles. The summed E-state index contributed by atoms with van der Waals surface area (Å²) in [6, 6.07) is 7.85. The summed E-state index contributed by atoms with van der Waals surface area (Å²) in [5.41, 5.74) is 0. The Morgan fingerprint density at radius 2 is 2.07 bits per heavy atom. The molecule has 1 aromatic carbocycles. The highest BCUT2D eigenvalue weighted by atomic mass is 35.5. The van der Waals surface area contributed by atoms with Crippen molar-refractivity contribution in [2.75, 3.05) is 12.4 Å². The molecule has 1 aromatic rings. The van der Waals surface area contributed by atoms with E-state index in [1.807, 2.05) is 30.9 Å². The summed E-state index contributed by atoms with van der Waals surface area (Å²) < 4.78 is 5.35. The van der Waals surface area contributed by atoms with Crippen LogP contribution in [0.25, 0.3) is 0 Å². The molecule has 0 saturated heterocycles. The first kappa shape index (κ1) is 12.9. The van der Waals surface area contributed by atoms with E-state index in [0.717, 1.165) is 23.8 Å². The molecule has 0 N–H and O–H groups in total. The molecule has 0 heterocycles. The van der Waals surface area contributed by atoms with Crippen LogP contribution in [0.15, 0.2) is 29.2 Å². The van der Waals surface area contributed by atoms with Gasteiger partial charge < -0.3 is 4.74 Å². The number of halogens is 1. The summed E-state index contributed by atoms with van der Waals surface area (Å²) in [6.45, 7) is 4.86. The van der Waals surface area contributed by atoms with Crippen LogP contribution in [0.3, 0.4) is 0 Å². The molecule has 0 spiro atoms. The summed E-state index contributed by atoms with van der Waals surface area (Å²) in [5.74, 6) is 0.880. The first-order valence-corrected chi connectivity index (χ1v) is 6.51. The molecule has 1 rings (SSSR count). The lowest BCUT2D eigenvalue weighted by atomic mass is 10.4. The Morgan fingerprint density at radius 1 is 1.33 bits per heavy atom. The lowest BCUT2D eigenvalue weighted by Crippen LogP contribution is -1.92. The zero-order chi connectivity index (χ0) is 10.9. The lowest BCUT2D eigenvalue weighted by Gasteiger charge is -2.02. The predicted molar refractivity (Wildman–Crippen MR) is 67.3 cm³/mol. The maximum Gasteiger partial charge on any atom is 0.0938 e. The van der Waals surface area contributed by atoms with Crippen molar-refractivity contribution in [1.82, 2.24) is 0 Å². The molecule has 3 heteroatoms. The first-order chi connectivity index (χ1) is 7.33. The van der Waals surface area contributed by atoms with E-state index in [0.29, 0.717) is 0 Å². The smallest absolute Gasteiger partial charge is 0.0938 e. The van der Waals surface area contributed by atoms with Gasteiger partial charge in [-0.1, -0.05) is 24.9 Å². The molecule has 0 aromatic heterocycles. The van der Waals surface area contributed by atoms with E-state index >= 15 is 0 Å². The maximum atomic E-state index is 5.79. The van der Waals surface area contributed by atoms with Crippen LogP contribution in [-0.2, 0) is 4.74 Å². The number of unbranched alkanes of at least 4 members (excludes halogenated alkanes) is 1. The Hall–Kier alpha value is -0.180. The van der Waals surface area contributed by atoms with Crippen LogP contribution in [0.4, 0.5) is 0 Å². The Bertz CT molecular complexity index is 261. The van der Waals surface area contributed by atoms with E-state index in [1.54, 1.807) is 11.8 Å². The molecule has 0 amide bonds. The van der Waals surface area contributed by atoms with Crippen molar-refractivity contribution in [3.05, 3.63) is 35.9 Å². The van der Waals surface area contributed by atoms with E-state index in [-0.39, 0.29) is 0 Å². The molecule has 83 valence electrons. The first-order valence-electron chi connectivity index (χ1n) is 5.14. The van der Waals surface area contributed by atoms with Crippen LogP contribution in [0, 0.1) is 6.61 Å². The topological polar surface area (TPSA) is 9.23 Å². The van der Waals surface area contributed by atoms with Crippen LogP contribution in [0.2, 0.25) is 5.02 Å². The Labute approximate surface area is 101 Å². The Morgan fingerprint density at radius 3 is 2.73 bits per heavy atom. The largest absolute Gasteiger partial charge is 0.375 e. The van der Waals surface area contributed by atoms with Crippen LogP contribution in [0.5, 0.6) is 0 Å². The SMILES string of the molecule is CCCCO[CH]CSc1ccc(Cl)cc1. The van der Waals surface area contributed by atoms with E-state index in [9.17, 15) is 0 Å². The fourth-order valence-corrected chi connectivity index (χ4v) is 1.83. The highest BCUT2D eigenvalue weighted by molar-refractivity contribution is 7.99. The molecule has 1 radical (unpaired) electrons. The Kier molecular flexibility index (Phi) is 6.90. The van der Waals surface area contributed by atoms with Gasteiger partial charge in [0.15, 0.2) is 0 Å². The van der Waals surface area contributed by atoms with Crippen LogP contribution >= 0.6 is 23.4 Å². The fourth-order valence-electron chi connectivity index (χ4n) is 1.02. The van der Waals surface area contributed by atoms with Crippen LogP contribution < -0.4 is 0 Å². The van der Waals surface area contributed by atoms with Gasteiger partial charge in [-0.15, -0.1) is 11.8 Å². The second-order valence-electron chi connectivity index (χ2n) is 3.16. The molecule has 0 aliphatic carbocycles. The third kappa shape index (κ3) is 6.08. The monoisotopic (exact) mass is 243 g/mol. The van der Waals surface area contributed by atoms with Crippen molar-refractivity contribution < 1.29 is 4.74 Å². The second-order valence-corrected chi connectivity index (χ2v) is 4.69. The quantitative estimate of drug-likeness (QED) is 0.518. The molecule has 0 bridgehead atoms. The van der Waals surface area contributed by atoms with E-state index in [1.165, 1.54) is 11.3 Å². The summed E-state index contributed by atoms with van der Waals surface area (Å²) in [6.07, 6.45) is 2.31. The molecule has 15 heavy (non-hydrogen) atoms. The minimum Gasteiger partial charge on any atom is -0.375 e. The van der Waals surface area contributed by atoms with Crippen molar-refractivity contribution in [3.8, 4) is 0 Å².